The molecule has 2 aliphatic rings. The molecule has 1 aromatic rings. The van der Waals surface area contributed by atoms with Crippen molar-refractivity contribution in [3.8, 4) is 0 Å². The smallest absolute Gasteiger partial charge is 0.0610 e. The molecule has 1 unspecified atom stereocenters. The Kier molecular flexibility index (Phi) is 2.52. The lowest BCUT2D eigenvalue weighted by Crippen LogP contribution is -2.33. The normalized spacial score (nSPS) is 33.2. The molecule has 1 heterocycles. The van der Waals surface area contributed by atoms with Gasteiger partial charge in [0.05, 0.1) is 6.10 Å². The molecule has 1 atom stereocenters. The first-order valence-corrected chi connectivity index (χ1v) is 6.27. The maximum absolute atomic E-state index is 6.13. The lowest BCUT2D eigenvalue weighted by Gasteiger charge is -2.37. The second-order valence-corrected chi connectivity index (χ2v) is 5.11. The highest BCUT2D eigenvalue weighted by Crippen LogP contribution is 2.38. The van der Waals surface area contributed by atoms with Crippen LogP contribution in [0.3, 0.4) is 0 Å². The molecule has 0 bridgehead atoms. The molecule has 2 N–H and O–H groups in total. The second kappa shape index (κ2) is 3.90. The Labute approximate surface area is 96.6 Å². The minimum Gasteiger partial charge on any atom is -0.381 e. The van der Waals surface area contributed by atoms with Crippen molar-refractivity contribution in [1.29, 1.82) is 0 Å². The van der Waals surface area contributed by atoms with E-state index in [1.807, 2.05) is 7.11 Å². The van der Waals surface area contributed by atoms with Crippen LogP contribution < -0.4 is 5.73 Å². The van der Waals surface area contributed by atoms with Crippen molar-refractivity contribution in [3.05, 3.63) is 23.5 Å². The van der Waals surface area contributed by atoms with E-state index in [1.54, 1.807) is 0 Å². The van der Waals surface area contributed by atoms with E-state index in [1.165, 1.54) is 24.1 Å². The molecule has 0 saturated heterocycles. The molecule has 1 fully saturated rings. The molecule has 1 saturated carbocycles. The minimum atomic E-state index is 0.267. The van der Waals surface area contributed by atoms with Crippen molar-refractivity contribution < 1.29 is 4.74 Å². The number of rotatable bonds is 2. The zero-order chi connectivity index (χ0) is 11.1. The van der Waals surface area contributed by atoms with Crippen molar-refractivity contribution in [3.63, 3.8) is 0 Å². The average Bonchev–Trinajstić information content (AvgIpc) is 2.62. The monoisotopic (exact) mass is 220 g/mol. The predicted octanol–water partition coefficient (Wildman–Crippen LogP) is 2.17. The van der Waals surface area contributed by atoms with E-state index in [-0.39, 0.29) is 6.04 Å². The van der Waals surface area contributed by atoms with E-state index in [9.17, 15) is 0 Å². The summed E-state index contributed by atoms with van der Waals surface area (Å²) in [5.74, 6) is 0. The highest BCUT2D eigenvalue weighted by atomic mass is 16.5. The lowest BCUT2D eigenvalue weighted by atomic mass is 9.87. The van der Waals surface area contributed by atoms with Gasteiger partial charge in [0, 0.05) is 31.1 Å². The standard InChI is InChI=1S/C13H20N2O/c1-16-10-7-9(8-10)15-6-5-11-12(14)3-2-4-13(11)15/h5-6,9-10,12H,2-4,7-8,14H2,1H3. The molecule has 3 nitrogen and oxygen atoms in total. The second-order valence-electron chi connectivity index (χ2n) is 5.11. The van der Waals surface area contributed by atoms with Crippen LogP contribution in [0, 0.1) is 0 Å². The number of nitrogens with zero attached hydrogens (tertiary/aromatic N) is 1. The van der Waals surface area contributed by atoms with Gasteiger partial charge in [-0.15, -0.1) is 0 Å². The summed E-state index contributed by atoms with van der Waals surface area (Å²) in [6, 6.07) is 3.14. The summed E-state index contributed by atoms with van der Waals surface area (Å²) in [6.07, 6.45) is 8.59. The van der Waals surface area contributed by atoms with Crippen LogP contribution in [0.4, 0.5) is 0 Å². The van der Waals surface area contributed by atoms with Gasteiger partial charge in [0.1, 0.15) is 0 Å². The van der Waals surface area contributed by atoms with Crippen molar-refractivity contribution in [1.82, 2.24) is 4.57 Å². The van der Waals surface area contributed by atoms with Gasteiger partial charge in [-0.05, 0) is 43.7 Å². The number of aromatic nitrogens is 1. The maximum atomic E-state index is 6.13. The third kappa shape index (κ3) is 1.50. The summed E-state index contributed by atoms with van der Waals surface area (Å²) < 4.78 is 7.79. The highest BCUT2D eigenvalue weighted by Gasteiger charge is 2.32. The Balaban J connectivity index is 1.81. The molecular weight excluding hydrogens is 200 g/mol. The number of hydrogen-bond donors (Lipinski definition) is 1. The van der Waals surface area contributed by atoms with Gasteiger partial charge in [0.25, 0.3) is 0 Å². The Morgan fingerprint density at radius 1 is 1.44 bits per heavy atom. The molecule has 3 heteroatoms. The summed E-state index contributed by atoms with van der Waals surface area (Å²) >= 11 is 0. The highest BCUT2D eigenvalue weighted by molar-refractivity contribution is 5.29. The van der Waals surface area contributed by atoms with Crippen molar-refractivity contribution in [2.24, 2.45) is 5.73 Å². The van der Waals surface area contributed by atoms with Crippen molar-refractivity contribution >= 4 is 0 Å². The van der Waals surface area contributed by atoms with Crippen LogP contribution in [0.1, 0.15) is 49.0 Å². The Morgan fingerprint density at radius 3 is 3.00 bits per heavy atom. The molecule has 0 radical (unpaired) electrons. The van der Waals surface area contributed by atoms with Gasteiger partial charge in [-0.2, -0.15) is 0 Å². The molecular formula is C13H20N2O. The molecule has 2 aliphatic carbocycles. The first-order chi connectivity index (χ1) is 7.79. The van der Waals surface area contributed by atoms with Crippen LogP contribution in [0.2, 0.25) is 0 Å². The van der Waals surface area contributed by atoms with Crippen LogP contribution in [-0.4, -0.2) is 17.8 Å². The van der Waals surface area contributed by atoms with Crippen LogP contribution >= 0.6 is 0 Å². The Morgan fingerprint density at radius 2 is 2.25 bits per heavy atom. The SMILES string of the molecule is COC1CC(n2ccc3c2CCCC3N)C1. The van der Waals surface area contributed by atoms with Gasteiger partial charge in [0.15, 0.2) is 0 Å². The van der Waals surface area contributed by atoms with Gasteiger partial charge in [-0.25, -0.2) is 0 Å². The van der Waals surface area contributed by atoms with E-state index >= 15 is 0 Å². The predicted molar refractivity (Wildman–Crippen MR) is 63.4 cm³/mol. The number of ether oxygens (including phenoxy) is 1. The van der Waals surface area contributed by atoms with Gasteiger partial charge in [0.2, 0.25) is 0 Å². The Hall–Kier alpha value is -0.800. The number of fused-ring (bicyclic) bond motifs is 1. The third-order valence-corrected chi connectivity index (χ3v) is 4.18. The van der Waals surface area contributed by atoms with E-state index in [0.29, 0.717) is 12.1 Å². The topological polar surface area (TPSA) is 40.2 Å². The summed E-state index contributed by atoms with van der Waals surface area (Å²) in [6.45, 7) is 0. The minimum absolute atomic E-state index is 0.267. The fraction of sp³-hybridized carbons (Fsp3) is 0.692. The summed E-state index contributed by atoms with van der Waals surface area (Å²) in [5.41, 5.74) is 9.00. The molecule has 0 aliphatic heterocycles. The van der Waals surface area contributed by atoms with Gasteiger partial charge in [-0.3, -0.25) is 0 Å². The molecule has 0 aromatic carbocycles. The Bertz CT molecular complexity index is 379. The fourth-order valence-electron chi connectivity index (χ4n) is 3.05. The summed E-state index contributed by atoms with van der Waals surface area (Å²) in [4.78, 5) is 0. The molecule has 3 rings (SSSR count). The van der Waals surface area contributed by atoms with Crippen LogP contribution in [0.5, 0.6) is 0 Å². The average molecular weight is 220 g/mol. The third-order valence-electron chi connectivity index (χ3n) is 4.18. The summed E-state index contributed by atoms with van der Waals surface area (Å²) in [7, 11) is 1.81. The first kappa shape index (κ1) is 10.4. The maximum Gasteiger partial charge on any atom is 0.0610 e. The molecule has 0 spiro atoms. The number of nitrogens with two attached hydrogens (primary N) is 1. The van der Waals surface area contributed by atoms with Crippen molar-refractivity contribution in [2.45, 2.75) is 50.3 Å². The first-order valence-electron chi connectivity index (χ1n) is 6.27. The van der Waals surface area contributed by atoms with Crippen LogP contribution in [0.15, 0.2) is 12.3 Å². The molecule has 16 heavy (non-hydrogen) atoms. The zero-order valence-electron chi connectivity index (χ0n) is 9.86. The molecule has 0 amide bonds. The van der Waals surface area contributed by atoms with Gasteiger partial charge < -0.3 is 15.0 Å². The molecule has 1 aromatic heterocycles. The van der Waals surface area contributed by atoms with Crippen LogP contribution in [-0.2, 0) is 11.2 Å². The zero-order valence-corrected chi connectivity index (χ0v) is 9.86. The van der Waals surface area contributed by atoms with Crippen LogP contribution in [0.25, 0.3) is 0 Å². The van der Waals surface area contributed by atoms with E-state index in [2.05, 4.69) is 16.8 Å². The van der Waals surface area contributed by atoms with E-state index in [4.69, 9.17) is 10.5 Å². The van der Waals surface area contributed by atoms with Crippen molar-refractivity contribution in [2.75, 3.05) is 7.11 Å². The summed E-state index contributed by atoms with van der Waals surface area (Å²) in [5, 5.41) is 0. The quantitative estimate of drug-likeness (QED) is 0.829. The van der Waals surface area contributed by atoms with E-state index in [0.717, 1.165) is 19.3 Å². The fourth-order valence-corrected chi connectivity index (χ4v) is 3.05. The van der Waals surface area contributed by atoms with Gasteiger partial charge >= 0.3 is 0 Å². The largest absolute Gasteiger partial charge is 0.381 e. The number of methoxy groups -OCH3 is 1. The molecule has 88 valence electrons. The van der Waals surface area contributed by atoms with E-state index < -0.39 is 0 Å². The number of hydrogen-bond acceptors (Lipinski definition) is 2. The van der Waals surface area contributed by atoms with Gasteiger partial charge in [-0.1, -0.05) is 0 Å². The lowest BCUT2D eigenvalue weighted by molar-refractivity contribution is 0.00542.